The van der Waals surface area contributed by atoms with Crippen LogP contribution in [0.3, 0.4) is 0 Å². The molecular formula is C8H6F3NOS. The molecule has 0 spiro atoms. The number of anilines is 1. The van der Waals surface area contributed by atoms with Crippen molar-refractivity contribution >= 4 is 23.0 Å². The van der Waals surface area contributed by atoms with Gasteiger partial charge in [-0.15, -0.1) is 0 Å². The van der Waals surface area contributed by atoms with Gasteiger partial charge in [0.15, 0.2) is 5.75 Å². The summed E-state index contributed by atoms with van der Waals surface area (Å²) in [6, 6.07) is 5.82. The van der Waals surface area contributed by atoms with Gasteiger partial charge < -0.3 is 10.5 Å². The molecule has 0 aliphatic rings. The molecular weight excluding hydrogens is 215 g/mol. The van der Waals surface area contributed by atoms with Crippen LogP contribution in [-0.4, -0.2) is 11.2 Å². The lowest BCUT2D eigenvalue weighted by atomic mass is 10.3. The molecule has 1 rings (SSSR count). The van der Waals surface area contributed by atoms with E-state index in [-0.39, 0.29) is 11.4 Å². The van der Waals surface area contributed by atoms with Gasteiger partial charge in [0.25, 0.3) is 5.05 Å². The molecule has 0 aliphatic heterocycles. The zero-order valence-electron chi connectivity index (χ0n) is 6.84. The van der Waals surface area contributed by atoms with Crippen molar-refractivity contribution in [1.82, 2.24) is 0 Å². The van der Waals surface area contributed by atoms with Crippen LogP contribution in [0.25, 0.3) is 0 Å². The van der Waals surface area contributed by atoms with E-state index in [2.05, 4.69) is 17.0 Å². The second-order valence-electron chi connectivity index (χ2n) is 2.43. The van der Waals surface area contributed by atoms with Crippen LogP contribution in [0.2, 0.25) is 0 Å². The van der Waals surface area contributed by atoms with Gasteiger partial charge in [-0.1, -0.05) is 12.1 Å². The minimum absolute atomic E-state index is 0.0881. The number of thiocarbonyl (C=S) groups is 1. The van der Waals surface area contributed by atoms with Gasteiger partial charge in [-0.3, -0.25) is 0 Å². The van der Waals surface area contributed by atoms with E-state index in [0.717, 1.165) is 0 Å². The Labute approximate surface area is 83.5 Å². The van der Waals surface area contributed by atoms with Gasteiger partial charge in [0.05, 0.1) is 5.69 Å². The van der Waals surface area contributed by atoms with E-state index in [4.69, 9.17) is 5.73 Å². The molecule has 1 aromatic carbocycles. The van der Waals surface area contributed by atoms with Crippen LogP contribution in [0.15, 0.2) is 24.3 Å². The molecule has 0 saturated heterocycles. The fraction of sp³-hybridized carbons (Fsp3) is 0.125. The van der Waals surface area contributed by atoms with Crippen LogP contribution in [0.1, 0.15) is 0 Å². The molecule has 76 valence electrons. The third-order valence-electron chi connectivity index (χ3n) is 1.35. The van der Waals surface area contributed by atoms with Gasteiger partial charge in [0.2, 0.25) is 0 Å². The third-order valence-corrected chi connectivity index (χ3v) is 1.67. The topological polar surface area (TPSA) is 35.2 Å². The van der Waals surface area contributed by atoms with E-state index in [1.165, 1.54) is 18.2 Å². The maximum atomic E-state index is 12.0. The first-order valence-corrected chi connectivity index (χ1v) is 3.95. The summed E-state index contributed by atoms with van der Waals surface area (Å²) < 4.78 is 40.3. The Morgan fingerprint density at radius 3 is 2.36 bits per heavy atom. The second-order valence-corrected chi connectivity index (χ2v) is 2.80. The number of nitrogen functional groups attached to an aromatic ring is 1. The normalized spacial score (nSPS) is 11.1. The van der Waals surface area contributed by atoms with Crippen molar-refractivity contribution in [3.8, 4) is 5.75 Å². The number of para-hydroxylation sites is 2. The first-order chi connectivity index (χ1) is 6.41. The van der Waals surface area contributed by atoms with Crippen molar-refractivity contribution in [2.24, 2.45) is 0 Å². The lowest BCUT2D eigenvalue weighted by molar-refractivity contribution is -0.0676. The quantitative estimate of drug-likeness (QED) is 0.584. The van der Waals surface area contributed by atoms with Crippen LogP contribution >= 0.6 is 12.2 Å². The molecule has 2 nitrogen and oxygen atoms in total. The average Bonchev–Trinajstić information content (AvgIpc) is 2.07. The van der Waals surface area contributed by atoms with E-state index < -0.39 is 11.2 Å². The first-order valence-electron chi connectivity index (χ1n) is 3.55. The van der Waals surface area contributed by atoms with E-state index in [1.807, 2.05) is 0 Å². The summed E-state index contributed by atoms with van der Waals surface area (Å²) in [5.41, 5.74) is 5.47. The molecule has 0 aromatic heterocycles. The van der Waals surface area contributed by atoms with E-state index in [0.29, 0.717) is 0 Å². The fourth-order valence-electron chi connectivity index (χ4n) is 0.731. The van der Waals surface area contributed by atoms with E-state index >= 15 is 0 Å². The number of alkyl halides is 3. The summed E-state index contributed by atoms with van der Waals surface area (Å²) in [4.78, 5) is 0. The van der Waals surface area contributed by atoms with Gasteiger partial charge in [0, 0.05) is 0 Å². The average molecular weight is 221 g/mol. The van der Waals surface area contributed by atoms with E-state index in [1.54, 1.807) is 6.07 Å². The zero-order valence-corrected chi connectivity index (χ0v) is 7.65. The molecule has 0 aliphatic carbocycles. The molecule has 6 heteroatoms. The molecule has 0 fully saturated rings. The first kappa shape index (κ1) is 10.8. The molecule has 14 heavy (non-hydrogen) atoms. The predicted molar refractivity (Wildman–Crippen MR) is 50.1 cm³/mol. The lowest BCUT2D eigenvalue weighted by Gasteiger charge is -2.10. The Balaban J connectivity index is 2.80. The number of nitrogens with two attached hydrogens (primary N) is 1. The van der Waals surface area contributed by atoms with Gasteiger partial charge in [-0.25, -0.2) is 0 Å². The minimum Gasteiger partial charge on any atom is -0.439 e. The maximum Gasteiger partial charge on any atom is 0.460 e. The van der Waals surface area contributed by atoms with Crippen molar-refractivity contribution in [1.29, 1.82) is 0 Å². The number of rotatable bonds is 1. The summed E-state index contributed by atoms with van der Waals surface area (Å²) in [7, 11) is 0. The Morgan fingerprint density at radius 1 is 1.29 bits per heavy atom. The van der Waals surface area contributed by atoms with Crippen LogP contribution in [-0.2, 0) is 0 Å². The Kier molecular flexibility index (Phi) is 2.95. The highest BCUT2D eigenvalue weighted by molar-refractivity contribution is 7.80. The molecule has 0 bridgehead atoms. The lowest BCUT2D eigenvalue weighted by Crippen LogP contribution is -2.26. The molecule has 0 radical (unpaired) electrons. The Hall–Kier alpha value is -1.30. The zero-order chi connectivity index (χ0) is 10.8. The highest BCUT2D eigenvalue weighted by atomic mass is 32.1. The second kappa shape index (κ2) is 3.83. The SMILES string of the molecule is Nc1ccccc1OC(=S)C(F)(F)F. The van der Waals surface area contributed by atoms with Gasteiger partial charge in [-0.2, -0.15) is 13.2 Å². The standard InChI is InChI=1S/C8H6F3NOS/c9-8(10,11)7(14)13-6-4-2-1-3-5(6)12/h1-4H,12H2. The number of ether oxygens (including phenoxy) is 1. The summed E-state index contributed by atoms with van der Waals surface area (Å²) in [6.07, 6.45) is -4.64. The van der Waals surface area contributed by atoms with Gasteiger partial charge >= 0.3 is 6.18 Å². The summed E-state index contributed by atoms with van der Waals surface area (Å²) >= 11 is 4.03. The molecule has 0 unspecified atom stereocenters. The smallest absolute Gasteiger partial charge is 0.439 e. The van der Waals surface area contributed by atoms with Crippen molar-refractivity contribution in [2.75, 3.05) is 5.73 Å². The van der Waals surface area contributed by atoms with E-state index in [9.17, 15) is 13.2 Å². The van der Waals surface area contributed by atoms with Gasteiger partial charge in [0.1, 0.15) is 0 Å². The number of hydrogen-bond donors (Lipinski definition) is 1. The number of benzene rings is 1. The largest absolute Gasteiger partial charge is 0.460 e. The van der Waals surface area contributed by atoms with Crippen LogP contribution in [0.4, 0.5) is 18.9 Å². The maximum absolute atomic E-state index is 12.0. The summed E-state index contributed by atoms with van der Waals surface area (Å²) in [6.45, 7) is 0. The Morgan fingerprint density at radius 2 is 1.86 bits per heavy atom. The monoisotopic (exact) mass is 221 g/mol. The molecule has 0 atom stereocenters. The number of hydrogen-bond acceptors (Lipinski definition) is 3. The van der Waals surface area contributed by atoms with Crippen molar-refractivity contribution in [3.05, 3.63) is 24.3 Å². The highest BCUT2D eigenvalue weighted by Gasteiger charge is 2.36. The summed E-state index contributed by atoms with van der Waals surface area (Å²) in [5.74, 6) is -0.0881. The van der Waals surface area contributed by atoms with Crippen molar-refractivity contribution in [3.63, 3.8) is 0 Å². The molecule has 0 saturated carbocycles. The highest BCUT2D eigenvalue weighted by Crippen LogP contribution is 2.25. The van der Waals surface area contributed by atoms with Crippen LogP contribution in [0.5, 0.6) is 5.75 Å². The molecule has 2 N–H and O–H groups in total. The van der Waals surface area contributed by atoms with Crippen molar-refractivity contribution < 1.29 is 17.9 Å². The third kappa shape index (κ3) is 2.59. The van der Waals surface area contributed by atoms with Crippen LogP contribution < -0.4 is 10.5 Å². The van der Waals surface area contributed by atoms with Crippen molar-refractivity contribution in [2.45, 2.75) is 6.18 Å². The van der Waals surface area contributed by atoms with Gasteiger partial charge in [-0.05, 0) is 24.4 Å². The summed E-state index contributed by atoms with van der Waals surface area (Å²) in [5, 5.41) is -1.45. The predicted octanol–water partition coefficient (Wildman–Crippen LogP) is 2.54. The Bertz CT molecular complexity index is 351. The number of halogens is 3. The minimum atomic E-state index is -4.64. The van der Waals surface area contributed by atoms with Crippen LogP contribution in [0, 0.1) is 0 Å². The molecule has 0 heterocycles. The molecule has 1 aromatic rings. The fourth-order valence-corrected chi connectivity index (χ4v) is 0.821. The molecule has 0 amide bonds.